The van der Waals surface area contributed by atoms with Gasteiger partial charge >= 0.3 is 33.0 Å². The first-order chi connectivity index (χ1) is 12.3. The predicted octanol–water partition coefficient (Wildman–Crippen LogP) is 6.45. The summed E-state index contributed by atoms with van der Waals surface area (Å²) in [5.41, 5.74) is 0. The van der Waals surface area contributed by atoms with E-state index in [9.17, 15) is 57.3 Å². The van der Waals surface area contributed by atoms with E-state index < -0.39 is 83.7 Å². The number of hydrogen-bond acceptors (Lipinski definition) is 3. The molecular formula is C12H15F12O3P. The molecule has 0 N–H and O–H groups in total. The van der Waals surface area contributed by atoms with Crippen LogP contribution in [0.2, 0.25) is 0 Å². The van der Waals surface area contributed by atoms with Gasteiger partial charge in [0.2, 0.25) is 0 Å². The van der Waals surface area contributed by atoms with Crippen molar-refractivity contribution in [2.24, 2.45) is 11.8 Å². The lowest BCUT2D eigenvalue weighted by atomic mass is 10.0. The maximum absolute atomic E-state index is 12.2. The van der Waals surface area contributed by atoms with E-state index in [-0.39, 0.29) is 0 Å². The van der Waals surface area contributed by atoms with Gasteiger partial charge in [0.05, 0.1) is 13.2 Å². The Morgan fingerprint density at radius 3 is 0.929 bits per heavy atom. The second-order valence-electron chi connectivity index (χ2n) is 5.88. The molecule has 170 valence electrons. The van der Waals surface area contributed by atoms with Crippen molar-refractivity contribution >= 4 is 8.25 Å². The average Bonchev–Trinajstić information content (AvgIpc) is 2.35. The smallest absolute Gasteiger partial charge is 0.310 e. The van der Waals surface area contributed by atoms with E-state index in [4.69, 9.17) is 0 Å². The number of hydrogen-bond donors (Lipinski definition) is 0. The summed E-state index contributed by atoms with van der Waals surface area (Å²) in [6, 6.07) is 0. The maximum Gasteiger partial charge on any atom is 0.389 e. The lowest BCUT2D eigenvalue weighted by Crippen LogP contribution is -2.25. The first-order valence-electron chi connectivity index (χ1n) is 7.32. The van der Waals surface area contributed by atoms with Crippen LogP contribution in [0, 0.1) is 11.8 Å². The quantitative estimate of drug-likeness (QED) is 0.274. The highest BCUT2D eigenvalue weighted by atomic mass is 31.1. The molecule has 0 radical (unpaired) electrons. The normalized spacial score (nSPS) is 14.5. The topological polar surface area (TPSA) is 35.5 Å². The molecule has 0 aromatic rings. The van der Waals surface area contributed by atoms with Crippen LogP contribution in [0.4, 0.5) is 52.7 Å². The summed E-state index contributed by atoms with van der Waals surface area (Å²) < 4.78 is 167. The molecule has 0 bridgehead atoms. The van der Waals surface area contributed by atoms with Gasteiger partial charge in [-0.3, -0.25) is 4.57 Å². The van der Waals surface area contributed by atoms with Gasteiger partial charge in [-0.1, -0.05) is 0 Å². The maximum atomic E-state index is 12.2. The van der Waals surface area contributed by atoms with Crippen LogP contribution in [0.15, 0.2) is 0 Å². The van der Waals surface area contributed by atoms with Crippen LogP contribution in [0.3, 0.4) is 0 Å². The Labute approximate surface area is 151 Å². The Morgan fingerprint density at radius 1 is 0.536 bits per heavy atom. The van der Waals surface area contributed by atoms with Crippen LogP contribution in [0.5, 0.6) is 0 Å². The predicted molar refractivity (Wildman–Crippen MR) is 70.6 cm³/mol. The highest BCUT2D eigenvalue weighted by molar-refractivity contribution is 7.33. The van der Waals surface area contributed by atoms with Gasteiger partial charge in [-0.15, -0.1) is 0 Å². The first kappa shape index (κ1) is 27.3. The molecule has 0 saturated heterocycles. The van der Waals surface area contributed by atoms with Crippen LogP contribution in [-0.4, -0.2) is 37.9 Å². The van der Waals surface area contributed by atoms with E-state index in [1.165, 1.54) is 0 Å². The summed E-state index contributed by atoms with van der Waals surface area (Å²) in [5, 5.41) is 0. The molecule has 0 aliphatic heterocycles. The van der Waals surface area contributed by atoms with Crippen LogP contribution in [0.1, 0.15) is 25.7 Å². The van der Waals surface area contributed by atoms with Gasteiger partial charge in [-0.05, 0) is 11.8 Å². The fourth-order valence-electron chi connectivity index (χ4n) is 2.10. The van der Waals surface area contributed by atoms with Crippen molar-refractivity contribution in [1.82, 2.24) is 0 Å². The second-order valence-corrected chi connectivity index (χ2v) is 6.96. The van der Waals surface area contributed by atoms with Gasteiger partial charge < -0.3 is 9.05 Å². The number of halogens is 12. The van der Waals surface area contributed by atoms with Gasteiger partial charge in [0.15, 0.2) is 0 Å². The fraction of sp³-hybridized carbons (Fsp3) is 1.00. The standard InChI is InChI=1S/C12H15F12O3P/c13-9(14,15)1-7(2-10(16,17)18)5-26-28(25)27-6-8(3-11(19,20)21)4-12(22,23)24/h7-8,28H,1-6H2. The molecule has 28 heavy (non-hydrogen) atoms. The monoisotopic (exact) mass is 466 g/mol. The minimum absolute atomic E-state index is 1.36. The molecule has 0 aliphatic carbocycles. The van der Waals surface area contributed by atoms with Gasteiger partial charge in [-0.2, -0.15) is 52.7 Å². The third-order valence-corrected chi connectivity index (χ3v) is 3.76. The molecule has 0 aromatic carbocycles. The molecule has 3 nitrogen and oxygen atoms in total. The first-order valence-corrected chi connectivity index (χ1v) is 8.55. The molecule has 0 atom stereocenters. The zero-order valence-corrected chi connectivity index (χ0v) is 14.7. The average molecular weight is 466 g/mol. The van der Waals surface area contributed by atoms with E-state index in [0.29, 0.717) is 0 Å². The highest BCUT2D eigenvalue weighted by Gasteiger charge is 2.40. The van der Waals surface area contributed by atoms with E-state index in [2.05, 4.69) is 9.05 Å². The zero-order chi connectivity index (χ0) is 22.4. The Morgan fingerprint density at radius 2 is 0.750 bits per heavy atom. The summed E-state index contributed by atoms with van der Waals surface area (Å²) >= 11 is 0. The molecule has 0 rings (SSSR count). The molecular weight excluding hydrogens is 451 g/mol. The summed E-state index contributed by atoms with van der Waals surface area (Å²) in [6.45, 7) is -2.72. The third-order valence-electron chi connectivity index (χ3n) is 2.95. The Balaban J connectivity index is 4.72. The lowest BCUT2D eigenvalue weighted by molar-refractivity contribution is -0.176. The lowest BCUT2D eigenvalue weighted by Gasteiger charge is -2.21. The Kier molecular flexibility index (Phi) is 10.1. The van der Waals surface area contributed by atoms with E-state index in [1.54, 1.807) is 0 Å². The van der Waals surface area contributed by atoms with Crippen molar-refractivity contribution in [3.63, 3.8) is 0 Å². The van der Waals surface area contributed by atoms with Crippen molar-refractivity contribution in [3.8, 4) is 0 Å². The summed E-state index contributed by atoms with van der Waals surface area (Å²) in [5.74, 6) is -4.42. The van der Waals surface area contributed by atoms with E-state index >= 15 is 0 Å². The molecule has 0 amide bonds. The van der Waals surface area contributed by atoms with Crippen molar-refractivity contribution < 1.29 is 66.3 Å². The van der Waals surface area contributed by atoms with Crippen molar-refractivity contribution in [3.05, 3.63) is 0 Å². The summed E-state index contributed by atoms with van der Waals surface area (Å²) in [4.78, 5) is 0. The Bertz CT molecular complexity index is 408. The molecule has 0 saturated carbocycles. The van der Waals surface area contributed by atoms with Crippen LogP contribution >= 0.6 is 8.25 Å². The molecule has 16 heteroatoms. The zero-order valence-electron chi connectivity index (χ0n) is 13.7. The molecule has 0 aromatic heterocycles. The van der Waals surface area contributed by atoms with E-state index in [1.807, 2.05) is 0 Å². The Hall–Kier alpha value is -0.690. The SMILES string of the molecule is O=[PH](OCC(CC(F)(F)F)CC(F)(F)F)OCC(CC(F)(F)F)CC(F)(F)F. The third kappa shape index (κ3) is 17.4. The van der Waals surface area contributed by atoms with Crippen LogP contribution in [0.25, 0.3) is 0 Å². The van der Waals surface area contributed by atoms with Crippen LogP contribution < -0.4 is 0 Å². The summed E-state index contributed by atoms with van der Waals surface area (Å²) in [7, 11) is -3.92. The molecule has 0 heterocycles. The highest BCUT2D eigenvalue weighted by Crippen LogP contribution is 2.38. The number of rotatable bonds is 10. The van der Waals surface area contributed by atoms with Gasteiger partial charge in [0.25, 0.3) is 0 Å². The molecule has 0 unspecified atom stereocenters. The minimum Gasteiger partial charge on any atom is -0.310 e. The van der Waals surface area contributed by atoms with Crippen molar-refractivity contribution in [1.29, 1.82) is 0 Å². The molecule has 0 aliphatic rings. The van der Waals surface area contributed by atoms with Crippen molar-refractivity contribution in [2.75, 3.05) is 13.2 Å². The minimum atomic E-state index is -5.01. The van der Waals surface area contributed by atoms with Crippen molar-refractivity contribution in [2.45, 2.75) is 50.4 Å². The summed E-state index contributed by atoms with van der Waals surface area (Å²) in [6.07, 6.45) is -27.9. The molecule has 0 spiro atoms. The van der Waals surface area contributed by atoms with Crippen LogP contribution in [-0.2, 0) is 13.6 Å². The van der Waals surface area contributed by atoms with E-state index in [0.717, 1.165) is 0 Å². The van der Waals surface area contributed by atoms with Gasteiger partial charge in [0.1, 0.15) is 0 Å². The fourth-order valence-corrected chi connectivity index (χ4v) is 2.93. The second kappa shape index (κ2) is 10.4. The van der Waals surface area contributed by atoms with Gasteiger partial charge in [-0.25, -0.2) is 0 Å². The number of alkyl halides is 12. The largest absolute Gasteiger partial charge is 0.389 e. The van der Waals surface area contributed by atoms with Gasteiger partial charge in [0, 0.05) is 25.7 Å². The molecule has 0 fully saturated rings.